The minimum absolute atomic E-state index is 0.581. The number of benzene rings is 2. The normalized spacial score (nSPS) is 10.5. The number of hydrogen-bond acceptors (Lipinski definition) is 4. The zero-order valence-corrected chi connectivity index (χ0v) is 15.5. The fraction of sp³-hybridized carbons (Fsp3) is 0.158. The summed E-state index contributed by atoms with van der Waals surface area (Å²) in [5.74, 6) is 1.43. The third kappa shape index (κ3) is 3.74. The molecule has 2 aromatic carbocycles. The number of rotatable bonds is 4. The van der Waals surface area contributed by atoms with Crippen LogP contribution in [0.25, 0.3) is 0 Å². The lowest BCUT2D eigenvalue weighted by Gasteiger charge is -2.19. The Morgan fingerprint density at radius 3 is 2.42 bits per heavy atom. The summed E-state index contributed by atoms with van der Waals surface area (Å²) in [6, 6.07) is 18.3. The predicted octanol–water partition coefficient (Wildman–Crippen LogP) is 5.37. The first kappa shape index (κ1) is 16.5. The molecule has 0 aliphatic rings. The molecule has 0 amide bonds. The average molecular weight is 383 g/mol. The summed E-state index contributed by atoms with van der Waals surface area (Å²) in [5.41, 5.74) is 4.13. The number of para-hydroxylation sites is 1. The Bertz CT molecular complexity index is 849. The predicted molar refractivity (Wildman–Crippen MR) is 103 cm³/mol. The van der Waals surface area contributed by atoms with Crippen LogP contribution in [0, 0.1) is 13.8 Å². The van der Waals surface area contributed by atoms with E-state index >= 15 is 0 Å². The summed E-state index contributed by atoms with van der Waals surface area (Å²) in [6.07, 6.45) is 0. The molecule has 1 aromatic heterocycles. The van der Waals surface area contributed by atoms with Crippen molar-refractivity contribution in [1.29, 1.82) is 0 Å². The van der Waals surface area contributed by atoms with Gasteiger partial charge < -0.3 is 10.2 Å². The highest BCUT2D eigenvalue weighted by atomic mass is 79.9. The number of hydrogen-bond donors (Lipinski definition) is 1. The van der Waals surface area contributed by atoms with Gasteiger partial charge >= 0.3 is 0 Å². The zero-order chi connectivity index (χ0) is 17.1. The van der Waals surface area contributed by atoms with E-state index in [2.05, 4.69) is 62.4 Å². The lowest BCUT2D eigenvalue weighted by molar-refractivity contribution is 1.05. The molecule has 0 unspecified atom stereocenters. The molecule has 0 aliphatic carbocycles. The van der Waals surface area contributed by atoms with Crippen LogP contribution in [0.2, 0.25) is 0 Å². The van der Waals surface area contributed by atoms with Crippen LogP contribution in [0.1, 0.15) is 11.3 Å². The van der Waals surface area contributed by atoms with Crippen molar-refractivity contribution in [2.75, 3.05) is 17.3 Å². The smallest absolute Gasteiger partial charge is 0.229 e. The molecule has 122 valence electrons. The second-order valence-corrected chi connectivity index (χ2v) is 6.55. The molecule has 0 fully saturated rings. The zero-order valence-electron chi connectivity index (χ0n) is 13.9. The second kappa shape index (κ2) is 7.01. The lowest BCUT2D eigenvalue weighted by atomic mass is 10.2. The van der Waals surface area contributed by atoms with Crippen molar-refractivity contribution in [3.8, 4) is 0 Å². The maximum Gasteiger partial charge on any atom is 0.229 e. The number of aryl methyl sites for hydroxylation is 2. The summed E-state index contributed by atoms with van der Waals surface area (Å²) in [7, 11) is 2.00. The highest BCUT2D eigenvalue weighted by Gasteiger charge is 2.10. The summed E-state index contributed by atoms with van der Waals surface area (Å²) >= 11 is 3.58. The van der Waals surface area contributed by atoms with Crippen molar-refractivity contribution in [3.05, 3.63) is 70.3 Å². The first-order valence-corrected chi connectivity index (χ1v) is 8.50. The van der Waals surface area contributed by atoms with Crippen LogP contribution >= 0.6 is 15.9 Å². The van der Waals surface area contributed by atoms with Gasteiger partial charge in [0.1, 0.15) is 5.82 Å². The van der Waals surface area contributed by atoms with Gasteiger partial charge in [-0.2, -0.15) is 4.98 Å². The minimum Gasteiger partial charge on any atom is -0.329 e. The molecule has 1 N–H and O–H groups in total. The lowest BCUT2D eigenvalue weighted by Crippen LogP contribution is -2.13. The van der Waals surface area contributed by atoms with Gasteiger partial charge in [0.15, 0.2) is 0 Å². The second-order valence-electron chi connectivity index (χ2n) is 5.69. The van der Waals surface area contributed by atoms with E-state index in [1.54, 1.807) is 0 Å². The largest absolute Gasteiger partial charge is 0.329 e. The SMILES string of the molecule is Cc1ccc(Nc2nc(C)cc(N(C)c3ccccc3)n2)c(Br)c1. The van der Waals surface area contributed by atoms with E-state index in [4.69, 9.17) is 0 Å². The van der Waals surface area contributed by atoms with Crippen molar-refractivity contribution in [2.24, 2.45) is 0 Å². The standard InChI is InChI=1S/C19H19BrN4/c1-13-9-10-17(16(20)11-13)22-19-21-14(2)12-18(23-19)24(3)15-7-5-4-6-8-15/h4-12H,1-3H3,(H,21,22,23). The molecule has 0 atom stereocenters. The molecule has 0 bridgehead atoms. The van der Waals surface area contributed by atoms with Crippen LogP contribution in [-0.2, 0) is 0 Å². The quantitative estimate of drug-likeness (QED) is 0.658. The van der Waals surface area contributed by atoms with Gasteiger partial charge in [0, 0.05) is 29.0 Å². The van der Waals surface area contributed by atoms with E-state index < -0.39 is 0 Å². The number of halogens is 1. The molecule has 0 saturated carbocycles. The summed E-state index contributed by atoms with van der Waals surface area (Å²) in [4.78, 5) is 11.2. The van der Waals surface area contributed by atoms with Gasteiger partial charge in [-0.1, -0.05) is 24.3 Å². The fourth-order valence-corrected chi connectivity index (χ4v) is 3.00. The van der Waals surface area contributed by atoms with E-state index in [9.17, 15) is 0 Å². The Hall–Kier alpha value is -2.40. The van der Waals surface area contributed by atoms with Crippen LogP contribution in [0.5, 0.6) is 0 Å². The molecule has 3 rings (SSSR count). The summed E-state index contributed by atoms with van der Waals surface area (Å²) in [6.45, 7) is 4.03. The van der Waals surface area contributed by atoms with Crippen LogP contribution in [-0.4, -0.2) is 17.0 Å². The number of aromatic nitrogens is 2. The molecule has 0 radical (unpaired) electrons. The highest BCUT2D eigenvalue weighted by Crippen LogP contribution is 2.27. The molecule has 0 aliphatic heterocycles. The number of anilines is 4. The summed E-state index contributed by atoms with van der Waals surface area (Å²) in [5, 5.41) is 3.29. The van der Waals surface area contributed by atoms with Crippen molar-refractivity contribution >= 4 is 39.1 Å². The highest BCUT2D eigenvalue weighted by molar-refractivity contribution is 9.10. The van der Waals surface area contributed by atoms with E-state index in [1.165, 1.54) is 5.56 Å². The van der Waals surface area contributed by atoms with Gasteiger partial charge in [0.25, 0.3) is 0 Å². The number of nitrogens with one attached hydrogen (secondary N) is 1. The average Bonchev–Trinajstić information content (AvgIpc) is 2.57. The molecule has 1 heterocycles. The van der Waals surface area contributed by atoms with Gasteiger partial charge in [-0.05, 0) is 59.6 Å². The first-order valence-electron chi connectivity index (χ1n) is 7.70. The van der Waals surface area contributed by atoms with Crippen molar-refractivity contribution in [3.63, 3.8) is 0 Å². The molecule has 24 heavy (non-hydrogen) atoms. The van der Waals surface area contributed by atoms with Crippen LogP contribution in [0.3, 0.4) is 0 Å². The van der Waals surface area contributed by atoms with E-state index in [0.29, 0.717) is 5.95 Å². The van der Waals surface area contributed by atoms with E-state index in [0.717, 1.165) is 27.4 Å². The van der Waals surface area contributed by atoms with Gasteiger partial charge in [-0.25, -0.2) is 4.98 Å². The minimum atomic E-state index is 0.581. The van der Waals surface area contributed by atoms with E-state index in [-0.39, 0.29) is 0 Å². The topological polar surface area (TPSA) is 41.1 Å². The molecule has 4 nitrogen and oxygen atoms in total. The fourth-order valence-electron chi connectivity index (χ4n) is 2.41. The Balaban J connectivity index is 1.91. The molecule has 0 saturated heterocycles. The summed E-state index contributed by atoms with van der Waals surface area (Å²) < 4.78 is 0.991. The number of nitrogens with zero attached hydrogens (tertiary/aromatic N) is 3. The maximum absolute atomic E-state index is 4.65. The Morgan fingerprint density at radius 2 is 1.71 bits per heavy atom. The molecule has 5 heteroatoms. The van der Waals surface area contributed by atoms with E-state index in [1.807, 2.05) is 49.2 Å². The van der Waals surface area contributed by atoms with Crippen molar-refractivity contribution < 1.29 is 0 Å². The first-order chi connectivity index (χ1) is 11.5. The molecular weight excluding hydrogens is 364 g/mol. The van der Waals surface area contributed by atoms with Crippen LogP contribution in [0.15, 0.2) is 59.1 Å². The Labute approximate surface area is 150 Å². The van der Waals surface area contributed by atoms with Gasteiger partial charge in [0.05, 0.1) is 5.69 Å². The molecule has 0 spiro atoms. The van der Waals surface area contributed by atoms with Crippen molar-refractivity contribution in [2.45, 2.75) is 13.8 Å². The molecular formula is C19H19BrN4. The Morgan fingerprint density at radius 1 is 0.958 bits per heavy atom. The third-order valence-corrected chi connectivity index (χ3v) is 4.35. The monoisotopic (exact) mass is 382 g/mol. The van der Waals surface area contributed by atoms with Gasteiger partial charge in [-0.15, -0.1) is 0 Å². The van der Waals surface area contributed by atoms with Gasteiger partial charge in [0.2, 0.25) is 5.95 Å². The van der Waals surface area contributed by atoms with Crippen molar-refractivity contribution in [1.82, 2.24) is 9.97 Å². The Kier molecular flexibility index (Phi) is 4.81. The maximum atomic E-state index is 4.65. The van der Waals surface area contributed by atoms with Crippen LogP contribution in [0.4, 0.5) is 23.1 Å². The van der Waals surface area contributed by atoms with Crippen LogP contribution < -0.4 is 10.2 Å². The van der Waals surface area contributed by atoms with Gasteiger partial charge in [-0.3, -0.25) is 0 Å². The third-order valence-electron chi connectivity index (χ3n) is 3.70. The molecule has 3 aromatic rings.